The molecule has 0 amide bonds. The van der Waals surface area contributed by atoms with Gasteiger partial charge in [-0.1, -0.05) is 0 Å². The first-order valence-electron chi connectivity index (χ1n) is 4.77. The third kappa shape index (κ3) is 7.54. The molecule has 0 aliphatic rings. The average Bonchev–Trinajstić information content (AvgIpc) is 2.24. The predicted molar refractivity (Wildman–Crippen MR) is 53.4 cm³/mol. The standard InChI is InChI=1S/C10H14O6/c1-3-14-8(11)5-6-9(12)16-7-10(13)15-4-2/h5-6H,3-4,7H2,1-2H3/b6-5+. The molecule has 0 unspecified atom stereocenters. The first kappa shape index (κ1) is 14.2. The van der Waals surface area contributed by atoms with Crippen LogP contribution < -0.4 is 0 Å². The summed E-state index contributed by atoms with van der Waals surface area (Å²) < 4.78 is 13.5. The van der Waals surface area contributed by atoms with E-state index in [-0.39, 0.29) is 13.2 Å². The van der Waals surface area contributed by atoms with Crippen molar-refractivity contribution in [2.75, 3.05) is 19.8 Å². The Morgan fingerprint density at radius 1 is 0.875 bits per heavy atom. The van der Waals surface area contributed by atoms with Crippen molar-refractivity contribution in [1.29, 1.82) is 0 Å². The van der Waals surface area contributed by atoms with Gasteiger partial charge in [0.2, 0.25) is 0 Å². The summed E-state index contributed by atoms with van der Waals surface area (Å²) in [6.07, 6.45) is 1.81. The zero-order valence-electron chi connectivity index (χ0n) is 9.23. The number of ether oxygens (including phenoxy) is 3. The third-order valence-corrected chi connectivity index (χ3v) is 1.28. The molecular weight excluding hydrogens is 216 g/mol. The molecule has 0 aromatic heterocycles. The number of rotatable bonds is 6. The van der Waals surface area contributed by atoms with Gasteiger partial charge in [0.05, 0.1) is 13.2 Å². The van der Waals surface area contributed by atoms with Gasteiger partial charge < -0.3 is 14.2 Å². The van der Waals surface area contributed by atoms with Crippen molar-refractivity contribution >= 4 is 17.9 Å². The summed E-state index contributed by atoms with van der Waals surface area (Å²) in [7, 11) is 0. The molecule has 0 aromatic rings. The molecule has 6 nitrogen and oxygen atoms in total. The van der Waals surface area contributed by atoms with E-state index in [0.717, 1.165) is 12.2 Å². The van der Waals surface area contributed by atoms with E-state index >= 15 is 0 Å². The fraction of sp³-hybridized carbons (Fsp3) is 0.500. The highest BCUT2D eigenvalue weighted by Gasteiger charge is 2.05. The van der Waals surface area contributed by atoms with Crippen LogP contribution in [-0.2, 0) is 28.6 Å². The normalized spacial score (nSPS) is 9.88. The Hall–Kier alpha value is -1.85. The Bertz CT molecular complexity index is 281. The van der Waals surface area contributed by atoms with Crippen LogP contribution in [0.3, 0.4) is 0 Å². The largest absolute Gasteiger partial charge is 0.463 e. The van der Waals surface area contributed by atoms with Crippen molar-refractivity contribution in [3.63, 3.8) is 0 Å². The zero-order chi connectivity index (χ0) is 12.4. The predicted octanol–water partition coefficient (Wildman–Crippen LogP) is 0.212. The van der Waals surface area contributed by atoms with Gasteiger partial charge in [-0.15, -0.1) is 0 Å². The van der Waals surface area contributed by atoms with E-state index in [1.54, 1.807) is 13.8 Å². The number of hydrogen-bond donors (Lipinski definition) is 0. The van der Waals surface area contributed by atoms with Gasteiger partial charge in [0.15, 0.2) is 6.61 Å². The van der Waals surface area contributed by atoms with Gasteiger partial charge in [-0.25, -0.2) is 14.4 Å². The van der Waals surface area contributed by atoms with Crippen LogP contribution in [0.15, 0.2) is 12.2 Å². The molecule has 0 bridgehead atoms. The molecule has 6 heteroatoms. The summed E-state index contributed by atoms with van der Waals surface area (Å²) in [6.45, 7) is 3.25. The first-order chi connectivity index (χ1) is 7.60. The smallest absolute Gasteiger partial charge is 0.344 e. The van der Waals surface area contributed by atoms with Crippen molar-refractivity contribution in [2.24, 2.45) is 0 Å². The number of hydrogen-bond acceptors (Lipinski definition) is 6. The fourth-order valence-corrected chi connectivity index (χ4v) is 0.707. The van der Waals surface area contributed by atoms with E-state index in [4.69, 9.17) is 0 Å². The maximum atomic E-state index is 10.9. The Labute approximate surface area is 93.2 Å². The summed E-state index contributed by atoms with van der Waals surface area (Å²) in [5, 5.41) is 0. The monoisotopic (exact) mass is 230 g/mol. The Kier molecular flexibility index (Phi) is 7.48. The molecule has 0 aliphatic carbocycles. The molecule has 0 atom stereocenters. The lowest BCUT2D eigenvalue weighted by atomic mass is 10.5. The van der Waals surface area contributed by atoms with Crippen LogP contribution >= 0.6 is 0 Å². The molecule has 0 aromatic carbocycles. The Morgan fingerprint density at radius 3 is 1.88 bits per heavy atom. The van der Waals surface area contributed by atoms with E-state index in [9.17, 15) is 14.4 Å². The van der Waals surface area contributed by atoms with Crippen LogP contribution in [-0.4, -0.2) is 37.7 Å². The maximum absolute atomic E-state index is 10.9. The zero-order valence-corrected chi connectivity index (χ0v) is 9.23. The summed E-state index contributed by atoms with van der Waals surface area (Å²) in [5.74, 6) is -2.09. The molecule has 0 fully saturated rings. The molecule has 0 saturated heterocycles. The Balaban J connectivity index is 3.82. The van der Waals surface area contributed by atoms with Crippen LogP contribution in [0, 0.1) is 0 Å². The topological polar surface area (TPSA) is 78.9 Å². The molecular formula is C10H14O6. The van der Waals surface area contributed by atoms with Crippen molar-refractivity contribution in [2.45, 2.75) is 13.8 Å². The fourth-order valence-electron chi connectivity index (χ4n) is 0.707. The lowest BCUT2D eigenvalue weighted by Crippen LogP contribution is -2.15. The van der Waals surface area contributed by atoms with Crippen LogP contribution in [0.4, 0.5) is 0 Å². The third-order valence-electron chi connectivity index (χ3n) is 1.28. The minimum atomic E-state index is -0.805. The Morgan fingerprint density at radius 2 is 1.38 bits per heavy atom. The number of carbonyl (C=O) groups excluding carboxylic acids is 3. The molecule has 0 radical (unpaired) electrons. The van der Waals surface area contributed by atoms with Gasteiger partial charge in [-0.05, 0) is 13.8 Å². The van der Waals surface area contributed by atoms with Crippen molar-refractivity contribution in [1.82, 2.24) is 0 Å². The van der Waals surface area contributed by atoms with E-state index in [1.807, 2.05) is 0 Å². The van der Waals surface area contributed by atoms with Crippen molar-refractivity contribution in [3.8, 4) is 0 Å². The summed E-state index contributed by atoms with van der Waals surface area (Å²) >= 11 is 0. The van der Waals surface area contributed by atoms with Gasteiger partial charge in [-0.3, -0.25) is 0 Å². The quantitative estimate of drug-likeness (QED) is 0.369. The second-order valence-electron chi connectivity index (χ2n) is 2.50. The highest BCUT2D eigenvalue weighted by Crippen LogP contribution is 1.87. The summed E-state index contributed by atoms with van der Waals surface area (Å²) in [5.41, 5.74) is 0. The van der Waals surface area contributed by atoms with E-state index in [2.05, 4.69) is 14.2 Å². The summed E-state index contributed by atoms with van der Waals surface area (Å²) in [6, 6.07) is 0. The van der Waals surface area contributed by atoms with Crippen molar-refractivity contribution < 1.29 is 28.6 Å². The second kappa shape index (κ2) is 8.46. The number of esters is 3. The molecule has 90 valence electrons. The van der Waals surface area contributed by atoms with E-state index < -0.39 is 24.5 Å². The van der Waals surface area contributed by atoms with Gasteiger partial charge in [0.25, 0.3) is 0 Å². The maximum Gasteiger partial charge on any atom is 0.344 e. The van der Waals surface area contributed by atoms with Crippen LogP contribution in [0.5, 0.6) is 0 Å². The molecule has 0 spiro atoms. The van der Waals surface area contributed by atoms with Gasteiger partial charge in [0, 0.05) is 12.2 Å². The van der Waals surface area contributed by atoms with Crippen LogP contribution in [0.25, 0.3) is 0 Å². The first-order valence-corrected chi connectivity index (χ1v) is 4.77. The van der Waals surface area contributed by atoms with E-state index in [0.29, 0.717) is 0 Å². The minimum Gasteiger partial charge on any atom is -0.463 e. The molecule has 0 rings (SSSR count). The van der Waals surface area contributed by atoms with Crippen molar-refractivity contribution in [3.05, 3.63) is 12.2 Å². The number of carbonyl (C=O) groups is 3. The molecule has 0 heterocycles. The van der Waals surface area contributed by atoms with Gasteiger partial charge >= 0.3 is 17.9 Å². The van der Waals surface area contributed by atoms with Crippen LogP contribution in [0.1, 0.15) is 13.8 Å². The van der Waals surface area contributed by atoms with Crippen LogP contribution in [0.2, 0.25) is 0 Å². The average molecular weight is 230 g/mol. The minimum absolute atomic E-state index is 0.217. The molecule has 0 N–H and O–H groups in total. The van der Waals surface area contributed by atoms with Gasteiger partial charge in [0.1, 0.15) is 0 Å². The second-order valence-corrected chi connectivity index (χ2v) is 2.50. The highest BCUT2D eigenvalue weighted by molar-refractivity contribution is 5.92. The SMILES string of the molecule is CCOC(=O)/C=C/C(=O)OCC(=O)OCC. The van der Waals surface area contributed by atoms with Gasteiger partial charge in [-0.2, -0.15) is 0 Å². The molecule has 0 aliphatic heterocycles. The lowest BCUT2D eigenvalue weighted by molar-refractivity contribution is -0.155. The lowest BCUT2D eigenvalue weighted by Gasteiger charge is -2.01. The highest BCUT2D eigenvalue weighted by atomic mass is 16.6. The molecule has 0 saturated carbocycles. The molecule has 16 heavy (non-hydrogen) atoms. The van der Waals surface area contributed by atoms with E-state index in [1.165, 1.54) is 0 Å². The summed E-state index contributed by atoms with van der Waals surface area (Å²) in [4.78, 5) is 32.5.